The van der Waals surface area contributed by atoms with Crippen molar-refractivity contribution in [2.75, 3.05) is 5.32 Å². The number of thiocarbonyl (C=S) groups is 1. The molecule has 4 nitrogen and oxygen atoms in total. The van der Waals surface area contributed by atoms with Crippen molar-refractivity contribution in [2.45, 2.75) is 6.54 Å². The van der Waals surface area contributed by atoms with Crippen molar-refractivity contribution in [1.82, 2.24) is 5.32 Å². The first-order chi connectivity index (χ1) is 9.15. The zero-order valence-electron chi connectivity index (χ0n) is 10.1. The Bertz CT molecular complexity index is 564. The number of nitrogens with one attached hydrogen (secondary N) is 2. The standard InChI is InChI=1S/C13H13N3OS2/c14-13(18)16-10-5-3-9(4-6-10)12(17)15-8-11-2-1-7-19-11/h1-7H,8H2,(H,15,17)(H3,14,16,18). The minimum absolute atomic E-state index is 0.102. The van der Waals surface area contributed by atoms with E-state index in [0.29, 0.717) is 12.1 Å². The van der Waals surface area contributed by atoms with Crippen molar-refractivity contribution < 1.29 is 4.79 Å². The lowest BCUT2D eigenvalue weighted by Crippen LogP contribution is -2.22. The molecule has 0 radical (unpaired) electrons. The fourth-order valence-corrected chi connectivity index (χ4v) is 2.29. The van der Waals surface area contributed by atoms with Gasteiger partial charge in [-0.3, -0.25) is 4.79 Å². The Morgan fingerprint density at radius 2 is 2.00 bits per heavy atom. The molecule has 1 aromatic heterocycles. The number of thiophene rings is 1. The van der Waals surface area contributed by atoms with Gasteiger partial charge in [-0.2, -0.15) is 0 Å². The van der Waals surface area contributed by atoms with Crippen LogP contribution in [0.15, 0.2) is 41.8 Å². The number of anilines is 1. The summed E-state index contributed by atoms with van der Waals surface area (Å²) in [5.41, 5.74) is 6.73. The van der Waals surface area contributed by atoms with Crippen molar-refractivity contribution in [3.63, 3.8) is 0 Å². The summed E-state index contributed by atoms with van der Waals surface area (Å²) in [4.78, 5) is 13.0. The first-order valence-electron chi connectivity index (χ1n) is 5.62. The van der Waals surface area contributed by atoms with E-state index in [-0.39, 0.29) is 11.0 Å². The molecule has 1 aromatic carbocycles. The van der Waals surface area contributed by atoms with Crippen molar-refractivity contribution in [3.05, 3.63) is 52.2 Å². The molecule has 2 aromatic rings. The number of benzene rings is 1. The van der Waals surface area contributed by atoms with Gasteiger partial charge in [0.05, 0.1) is 6.54 Å². The average Bonchev–Trinajstić information content (AvgIpc) is 2.89. The van der Waals surface area contributed by atoms with E-state index in [9.17, 15) is 4.79 Å². The zero-order valence-corrected chi connectivity index (χ0v) is 11.7. The van der Waals surface area contributed by atoms with Crippen molar-refractivity contribution in [2.24, 2.45) is 5.73 Å². The number of carbonyl (C=O) groups is 1. The summed E-state index contributed by atoms with van der Waals surface area (Å²) in [7, 11) is 0. The minimum atomic E-state index is -0.102. The molecule has 19 heavy (non-hydrogen) atoms. The van der Waals surface area contributed by atoms with E-state index in [1.807, 2.05) is 17.5 Å². The number of rotatable bonds is 4. The Labute approximate surface area is 120 Å². The summed E-state index contributed by atoms with van der Waals surface area (Å²) in [6.07, 6.45) is 0. The molecule has 0 bridgehead atoms. The van der Waals surface area contributed by atoms with Gasteiger partial charge < -0.3 is 16.4 Å². The third-order valence-corrected chi connectivity index (χ3v) is 3.40. The highest BCUT2D eigenvalue weighted by Crippen LogP contribution is 2.11. The van der Waals surface area contributed by atoms with Gasteiger partial charge in [0, 0.05) is 16.1 Å². The third-order valence-electron chi connectivity index (χ3n) is 2.42. The maximum atomic E-state index is 11.9. The van der Waals surface area contributed by atoms with Crippen LogP contribution in [0.1, 0.15) is 15.2 Å². The van der Waals surface area contributed by atoms with Crippen LogP contribution < -0.4 is 16.4 Å². The quantitative estimate of drug-likeness (QED) is 0.756. The van der Waals surface area contributed by atoms with Crippen molar-refractivity contribution in [1.29, 1.82) is 0 Å². The molecule has 1 amide bonds. The molecule has 98 valence electrons. The highest BCUT2D eigenvalue weighted by Gasteiger charge is 2.05. The minimum Gasteiger partial charge on any atom is -0.376 e. The molecule has 0 saturated heterocycles. The highest BCUT2D eigenvalue weighted by atomic mass is 32.1. The molecule has 0 spiro atoms. The summed E-state index contributed by atoms with van der Waals surface area (Å²) in [5.74, 6) is -0.102. The predicted molar refractivity (Wildman–Crippen MR) is 82.3 cm³/mol. The summed E-state index contributed by atoms with van der Waals surface area (Å²) < 4.78 is 0. The molecule has 0 aliphatic carbocycles. The first-order valence-corrected chi connectivity index (χ1v) is 6.91. The number of hydrogen-bond acceptors (Lipinski definition) is 3. The fourth-order valence-electron chi connectivity index (χ4n) is 1.53. The monoisotopic (exact) mass is 291 g/mol. The second kappa shape index (κ2) is 6.31. The molecule has 6 heteroatoms. The van der Waals surface area contributed by atoms with Crippen LogP contribution in [-0.2, 0) is 6.54 Å². The van der Waals surface area contributed by atoms with Crippen LogP contribution in [0.5, 0.6) is 0 Å². The molecule has 4 N–H and O–H groups in total. The van der Waals surface area contributed by atoms with E-state index in [1.54, 1.807) is 35.6 Å². The SMILES string of the molecule is NC(=S)Nc1ccc(C(=O)NCc2cccs2)cc1. The number of nitrogens with two attached hydrogens (primary N) is 1. The van der Waals surface area contributed by atoms with Gasteiger partial charge in [0.15, 0.2) is 5.11 Å². The Kier molecular flexibility index (Phi) is 4.48. The van der Waals surface area contributed by atoms with Crippen LogP contribution in [0.4, 0.5) is 5.69 Å². The Balaban J connectivity index is 1.93. The maximum Gasteiger partial charge on any atom is 0.251 e. The summed E-state index contributed by atoms with van der Waals surface area (Å²) in [6, 6.07) is 10.9. The molecule has 0 aliphatic rings. The van der Waals surface area contributed by atoms with Gasteiger partial charge in [0.25, 0.3) is 5.91 Å². The molecular weight excluding hydrogens is 278 g/mol. The predicted octanol–water partition coefficient (Wildman–Crippen LogP) is 2.33. The molecule has 0 fully saturated rings. The third kappa shape index (κ3) is 4.04. The van der Waals surface area contributed by atoms with Crippen molar-refractivity contribution >= 4 is 40.3 Å². The maximum absolute atomic E-state index is 11.9. The van der Waals surface area contributed by atoms with Gasteiger partial charge in [-0.05, 0) is 47.9 Å². The smallest absolute Gasteiger partial charge is 0.251 e. The largest absolute Gasteiger partial charge is 0.376 e. The van der Waals surface area contributed by atoms with Crippen LogP contribution in [0.25, 0.3) is 0 Å². The highest BCUT2D eigenvalue weighted by molar-refractivity contribution is 7.80. The number of carbonyl (C=O) groups excluding carboxylic acids is 1. The van der Waals surface area contributed by atoms with Crippen LogP contribution in [-0.4, -0.2) is 11.0 Å². The second-order valence-electron chi connectivity index (χ2n) is 3.83. The van der Waals surface area contributed by atoms with Crippen LogP contribution >= 0.6 is 23.6 Å². The van der Waals surface area contributed by atoms with E-state index in [2.05, 4.69) is 10.6 Å². The topological polar surface area (TPSA) is 67.1 Å². The van der Waals surface area contributed by atoms with Crippen LogP contribution in [0.3, 0.4) is 0 Å². The van der Waals surface area contributed by atoms with Gasteiger partial charge in [-0.15, -0.1) is 11.3 Å². The molecule has 0 aliphatic heterocycles. The number of hydrogen-bond donors (Lipinski definition) is 3. The molecule has 0 atom stereocenters. The van der Waals surface area contributed by atoms with Crippen molar-refractivity contribution in [3.8, 4) is 0 Å². The molecular formula is C13H13N3OS2. The Hall–Kier alpha value is -1.92. The summed E-state index contributed by atoms with van der Waals surface area (Å²) >= 11 is 6.35. The van der Waals surface area contributed by atoms with E-state index in [4.69, 9.17) is 18.0 Å². The Morgan fingerprint density at radius 3 is 2.58 bits per heavy atom. The van der Waals surface area contributed by atoms with Gasteiger partial charge >= 0.3 is 0 Å². The van der Waals surface area contributed by atoms with E-state index < -0.39 is 0 Å². The van der Waals surface area contributed by atoms with Crippen LogP contribution in [0, 0.1) is 0 Å². The molecule has 2 rings (SSSR count). The van der Waals surface area contributed by atoms with E-state index in [1.165, 1.54) is 0 Å². The second-order valence-corrected chi connectivity index (χ2v) is 5.30. The van der Waals surface area contributed by atoms with E-state index in [0.717, 1.165) is 10.6 Å². The van der Waals surface area contributed by atoms with Gasteiger partial charge in [0.2, 0.25) is 0 Å². The Morgan fingerprint density at radius 1 is 1.26 bits per heavy atom. The van der Waals surface area contributed by atoms with Gasteiger partial charge in [0.1, 0.15) is 0 Å². The van der Waals surface area contributed by atoms with Gasteiger partial charge in [-0.1, -0.05) is 6.07 Å². The fraction of sp³-hybridized carbons (Fsp3) is 0.0769. The normalized spacial score (nSPS) is 9.89. The van der Waals surface area contributed by atoms with E-state index >= 15 is 0 Å². The lowest BCUT2D eigenvalue weighted by atomic mass is 10.2. The van der Waals surface area contributed by atoms with Crippen LogP contribution in [0.2, 0.25) is 0 Å². The number of amides is 1. The molecule has 0 saturated carbocycles. The lowest BCUT2D eigenvalue weighted by Gasteiger charge is -2.06. The molecule has 0 unspecified atom stereocenters. The lowest BCUT2D eigenvalue weighted by molar-refractivity contribution is 0.0951. The van der Waals surface area contributed by atoms with Gasteiger partial charge in [-0.25, -0.2) is 0 Å². The molecule has 1 heterocycles. The average molecular weight is 291 g/mol. The summed E-state index contributed by atoms with van der Waals surface area (Å²) in [6.45, 7) is 0.545. The summed E-state index contributed by atoms with van der Waals surface area (Å²) in [5, 5.41) is 7.85. The first kappa shape index (κ1) is 13.5. The zero-order chi connectivity index (χ0) is 13.7.